The highest BCUT2D eigenvalue weighted by Gasteiger charge is 2.17. The fraction of sp³-hybridized carbons (Fsp3) is 0.462. The Labute approximate surface area is 117 Å². The Morgan fingerprint density at radius 3 is 2.80 bits per heavy atom. The minimum Gasteiger partial charge on any atom is -0.480 e. The van der Waals surface area contributed by atoms with Gasteiger partial charge < -0.3 is 9.84 Å². The van der Waals surface area contributed by atoms with Gasteiger partial charge in [0.25, 0.3) is 0 Å². The number of carbonyl (C=O) groups is 1. The first kappa shape index (κ1) is 15.0. The van der Waals surface area contributed by atoms with Crippen molar-refractivity contribution in [3.8, 4) is 0 Å². The Bertz CT molecular complexity index is 597. The summed E-state index contributed by atoms with van der Waals surface area (Å²) >= 11 is 0. The van der Waals surface area contributed by atoms with E-state index < -0.39 is 22.6 Å². The van der Waals surface area contributed by atoms with Gasteiger partial charge in [0.05, 0.1) is 11.5 Å². The zero-order chi connectivity index (χ0) is 14.6. The van der Waals surface area contributed by atoms with E-state index in [1.807, 2.05) is 6.07 Å². The molecular formula is C13H17NO5S. The van der Waals surface area contributed by atoms with Gasteiger partial charge >= 0.3 is 5.97 Å². The molecule has 2 N–H and O–H groups in total. The molecule has 0 radical (unpaired) electrons. The monoisotopic (exact) mass is 299 g/mol. The van der Waals surface area contributed by atoms with Gasteiger partial charge in [-0.1, -0.05) is 6.07 Å². The van der Waals surface area contributed by atoms with Gasteiger partial charge in [-0.25, -0.2) is 17.9 Å². The van der Waals surface area contributed by atoms with Gasteiger partial charge in [0.1, 0.15) is 6.61 Å². The number of ether oxygens (including phenoxy) is 1. The van der Waals surface area contributed by atoms with Gasteiger partial charge in [0.15, 0.2) is 0 Å². The van der Waals surface area contributed by atoms with Crippen LogP contribution in [0.25, 0.3) is 0 Å². The molecule has 6 nitrogen and oxygen atoms in total. The van der Waals surface area contributed by atoms with Gasteiger partial charge in [-0.2, -0.15) is 0 Å². The smallest absolute Gasteiger partial charge is 0.329 e. The predicted octanol–water partition coefficient (Wildman–Crippen LogP) is 0.555. The molecule has 0 atom stereocenters. The third-order valence-electron chi connectivity index (χ3n) is 3.14. The molecule has 20 heavy (non-hydrogen) atoms. The van der Waals surface area contributed by atoms with Crippen molar-refractivity contribution in [2.75, 3.05) is 19.8 Å². The van der Waals surface area contributed by atoms with E-state index in [-0.39, 0.29) is 18.0 Å². The van der Waals surface area contributed by atoms with E-state index in [4.69, 9.17) is 9.84 Å². The minimum absolute atomic E-state index is 0.0243. The average Bonchev–Trinajstić information content (AvgIpc) is 2.85. The van der Waals surface area contributed by atoms with Gasteiger partial charge in [-0.05, 0) is 42.5 Å². The van der Waals surface area contributed by atoms with Gasteiger partial charge in [0, 0.05) is 6.54 Å². The van der Waals surface area contributed by atoms with Crippen LogP contribution in [0.4, 0.5) is 0 Å². The van der Waals surface area contributed by atoms with Crippen LogP contribution in [0.5, 0.6) is 0 Å². The van der Waals surface area contributed by atoms with Crippen molar-refractivity contribution in [3.63, 3.8) is 0 Å². The first-order valence-corrected chi connectivity index (χ1v) is 7.88. The number of carboxylic acids is 1. The Hall–Kier alpha value is -1.44. The Morgan fingerprint density at radius 1 is 1.30 bits per heavy atom. The number of nitrogens with one attached hydrogen (secondary N) is 1. The van der Waals surface area contributed by atoms with Crippen molar-refractivity contribution in [1.82, 2.24) is 4.72 Å². The lowest BCUT2D eigenvalue weighted by Crippen LogP contribution is -2.28. The summed E-state index contributed by atoms with van der Waals surface area (Å²) in [5.41, 5.74) is 2.31. The first-order valence-electron chi connectivity index (χ1n) is 6.40. The van der Waals surface area contributed by atoms with E-state index in [0.29, 0.717) is 0 Å². The van der Waals surface area contributed by atoms with Crippen LogP contribution in [0.2, 0.25) is 0 Å². The van der Waals surface area contributed by atoms with Crippen LogP contribution < -0.4 is 4.72 Å². The van der Waals surface area contributed by atoms with Crippen LogP contribution in [-0.2, 0) is 32.4 Å². The van der Waals surface area contributed by atoms with Crippen LogP contribution in [-0.4, -0.2) is 39.3 Å². The number of fused-ring (bicyclic) bond motifs is 1. The fourth-order valence-electron chi connectivity index (χ4n) is 2.21. The number of carboxylic acid groups (broad SMARTS) is 1. The van der Waals surface area contributed by atoms with Crippen molar-refractivity contribution in [3.05, 3.63) is 29.3 Å². The van der Waals surface area contributed by atoms with Crippen LogP contribution in [0.3, 0.4) is 0 Å². The van der Waals surface area contributed by atoms with Gasteiger partial charge in [0.2, 0.25) is 10.0 Å². The maximum atomic E-state index is 12.0. The van der Waals surface area contributed by atoms with Crippen molar-refractivity contribution in [2.45, 2.75) is 24.2 Å². The minimum atomic E-state index is -3.56. The summed E-state index contributed by atoms with van der Waals surface area (Å²) in [6.07, 6.45) is 2.99. The van der Waals surface area contributed by atoms with Gasteiger partial charge in [-0.3, -0.25) is 0 Å². The lowest BCUT2D eigenvalue weighted by Gasteiger charge is -2.08. The molecule has 0 aliphatic heterocycles. The largest absolute Gasteiger partial charge is 0.480 e. The number of hydrogen-bond donors (Lipinski definition) is 2. The summed E-state index contributed by atoms with van der Waals surface area (Å²) in [6.45, 7) is -0.357. The highest BCUT2D eigenvalue weighted by Crippen LogP contribution is 2.24. The Kier molecular flexibility index (Phi) is 4.74. The molecule has 2 rings (SSSR count). The topological polar surface area (TPSA) is 92.7 Å². The molecule has 0 saturated heterocycles. The van der Waals surface area contributed by atoms with Crippen molar-refractivity contribution in [1.29, 1.82) is 0 Å². The Balaban J connectivity index is 1.91. The zero-order valence-corrected chi connectivity index (χ0v) is 11.8. The zero-order valence-electron chi connectivity index (χ0n) is 11.0. The second-order valence-electron chi connectivity index (χ2n) is 4.63. The number of rotatable bonds is 7. The number of benzene rings is 1. The molecule has 110 valence electrons. The molecule has 1 aromatic carbocycles. The summed E-state index contributed by atoms with van der Waals surface area (Å²) in [7, 11) is -3.56. The van der Waals surface area contributed by atoms with Crippen LogP contribution in [0.15, 0.2) is 23.1 Å². The molecule has 7 heteroatoms. The van der Waals surface area contributed by atoms with E-state index in [1.165, 1.54) is 5.56 Å². The number of sulfonamides is 1. The van der Waals surface area contributed by atoms with Crippen molar-refractivity contribution >= 4 is 16.0 Å². The fourth-order valence-corrected chi connectivity index (χ4v) is 3.27. The molecule has 1 aliphatic rings. The highest BCUT2D eigenvalue weighted by molar-refractivity contribution is 7.89. The quantitative estimate of drug-likeness (QED) is 0.717. The molecule has 0 unspecified atom stereocenters. The first-order chi connectivity index (χ1) is 9.49. The van der Waals surface area contributed by atoms with E-state index in [9.17, 15) is 13.2 Å². The molecule has 0 fully saturated rings. The second-order valence-corrected chi connectivity index (χ2v) is 6.40. The van der Waals surface area contributed by atoms with E-state index >= 15 is 0 Å². The molecule has 0 bridgehead atoms. The molecule has 0 spiro atoms. The molecule has 1 aromatic rings. The average molecular weight is 299 g/mol. The SMILES string of the molecule is O=C(O)COCCNS(=O)(=O)c1ccc2c(c1)CCC2. The number of aliphatic carboxylic acids is 1. The summed E-state index contributed by atoms with van der Waals surface area (Å²) in [6, 6.07) is 5.17. The second kappa shape index (κ2) is 6.34. The van der Waals surface area contributed by atoms with Gasteiger partial charge in [-0.15, -0.1) is 0 Å². The third-order valence-corrected chi connectivity index (χ3v) is 4.60. The number of hydrogen-bond acceptors (Lipinski definition) is 4. The molecular weight excluding hydrogens is 282 g/mol. The van der Waals surface area contributed by atoms with Crippen LogP contribution in [0, 0.1) is 0 Å². The normalized spacial score (nSPS) is 14.2. The van der Waals surface area contributed by atoms with E-state index in [2.05, 4.69) is 4.72 Å². The highest BCUT2D eigenvalue weighted by atomic mass is 32.2. The lowest BCUT2D eigenvalue weighted by molar-refractivity contribution is -0.142. The molecule has 0 aromatic heterocycles. The number of aryl methyl sites for hydroxylation is 2. The lowest BCUT2D eigenvalue weighted by atomic mass is 10.1. The van der Waals surface area contributed by atoms with Crippen LogP contribution in [0.1, 0.15) is 17.5 Å². The molecule has 1 aliphatic carbocycles. The molecule has 0 saturated carbocycles. The van der Waals surface area contributed by atoms with Crippen molar-refractivity contribution < 1.29 is 23.1 Å². The van der Waals surface area contributed by atoms with E-state index in [1.54, 1.807) is 12.1 Å². The standard InChI is InChI=1S/C13H17NO5S/c15-13(16)9-19-7-6-14-20(17,18)12-5-4-10-2-1-3-11(10)8-12/h4-5,8,14H,1-3,6-7,9H2,(H,15,16). The van der Waals surface area contributed by atoms with Crippen LogP contribution >= 0.6 is 0 Å². The summed E-state index contributed by atoms with van der Waals surface area (Å²) < 4.78 is 31.3. The summed E-state index contributed by atoms with van der Waals surface area (Å²) in [5.74, 6) is -1.08. The third kappa shape index (κ3) is 3.78. The maximum Gasteiger partial charge on any atom is 0.329 e. The molecule has 0 heterocycles. The molecule has 0 amide bonds. The van der Waals surface area contributed by atoms with E-state index in [0.717, 1.165) is 24.8 Å². The summed E-state index contributed by atoms with van der Waals surface area (Å²) in [4.78, 5) is 10.5. The maximum absolute atomic E-state index is 12.0. The van der Waals surface area contributed by atoms with Crippen molar-refractivity contribution in [2.24, 2.45) is 0 Å². The Morgan fingerprint density at radius 2 is 2.05 bits per heavy atom. The summed E-state index contributed by atoms with van der Waals surface area (Å²) in [5, 5.41) is 8.38. The predicted molar refractivity (Wildman–Crippen MR) is 72.1 cm³/mol.